The summed E-state index contributed by atoms with van der Waals surface area (Å²) in [6.45, 7) is 1.95. The Morgan fingerprint density at radius 1 is 1.32 bits per heavy atom. The minimum absolute atomic E-state index is 0.230. The molecule has 2 aliphatic heterocycles. The zero-order chi connectivity index (χ0) is 13.4. The van der Waals surface area contributed by atoms with E-state index < -0.39 is 0 Å². The first-order valence-corrected chi connectivity index (χ1v) is 6.51. The van der Waals surface area contributed by atoms with E-state index in [4.69, 9.17) is 10.5 Å². The lowest BCUT2D eigenvalue weighted by molar-refractivity contribution is 0.0644. The number of benzene rings is 1. The number of ether oxygens (including phenoxy) is 1. The number of nitrogen functional groups attached to an aromatic ring is 1. The van der Waals surface area contributed by atoms with Crippen molar-refractivity contribution in [3.63, 3.8) is 0 Å². The zero-order valence-electron chi connectivity index (χ0n) is 10.6. The number of rotatable bonds is 3. The van der Waals surface area contributed by atoms with Crippen LogP contribution in [0.4, 0.5) is 5.69 Å². The van der Waals surface area contributed by atoms with E-state index in [1.807, 2.05) is 0 Å². The molecule has 3 rings (SSSR count). The third kappa shape index (κ3) is 2.00. The molecule has 0 radical (unpaired) electrons. The summed E-state index contributed by atoms with van der Waals surface area (Å²) in [6.07, 6.45) is 1.80. The third-order valence-corrected chi connectivity index (χ3v) is 3.82. The Balaban J connectivity index is 1.76. The number of nitrogens with two attached hydrogens (primary N) is 1. The highest BCUT2D eigenvalue weighted by atomic mass is 16.5. The first-order valence-electron chi connectivity index (χ1n) is 6.51. The molecular formula is C14H16N2O3. The van der Waals surface area contributed by atoms with Crippen LogP contribution in [0.15, 0.2) is 18.2 Å². The van der Waals surface area contributed by atoms with Crippen molar-refractivity contribution in [3.05, 3.63) is 29.3 Å². The van der Waals surface area contributed by atoms with Crippen LogP contribution in [0.5, 0.6) is 0 Å². The van der Waals surface area contributed by atoms with Gasteiger partial charge in [0.05, 0.1) is 11.1 Å². The quantitative estimate of drug-likeness (QED) is 0.656. The van der Waals surface area contributed by atoms with Crippen molar-refractivity contribution < 1.29 is 14.3 Å². The van der Waals surface area contributed by atoms with Crippen LogP contribution in [0.2, 0.25) is 0 Å². The second kappa shape index (κ2) is 4.66. The molecule has 5 heteroatoms. The summed E-state index contributed by atoms with van der Waals surface area (Å²) in [4.78, 5) is 25.7. The van der Waals surface area contributed by atoms with Crippen molar-refractivity contribution in [1.29, 1.82) is 0 Å². The van der Waals surface area contributed by atoms with Crippen LogP contribution in [0.1, 0.15) is 33.6 Å². The smallest absolute Gasteiger partial charge is 0.263 e. The predicted molar refractivity (Wildman–Crippen MR) is 69.8 cm³/mol. The molecule has 100 valence electrons. The van der Waals surface area contributed by atoms with Crippen molar-refractivity contribution in [2.75, 3.05) is 25.5 Å². The Morgan fingerprint density at radius 2 is 2.16 bits per heavy atom. The van der Waals surface area contributed by atoms with Crippen molar-refractivity contribution in [3.8, 4) is 0 Å². The van der Waals surface area contributed by atoms with Gasteiger partial charge in [-0.2, -0.15) is 0 Å². The first kappa shape index (κ1) is 12.2. The number of amides is 2. The number of imide groups is 1. The van der Waals surface area contributed by atoms with Crippen LogP contribution in [-0.4, -0.2) is 36.5 Å². The molecule has 1 atom stereocenters. The van der Waals surface area contributed by atoms with Gasteiger partial charge < -0.3 is 10.5 Å². The molecule has 0 saturated carbocycles. The minimum atomic E-state index is -0.267. The molecule has 2 heterocycles. The SMILES string of the molecule is Nc1cccc2c1C(=O)N(CCC1CCOC1)C2=O. The zero-order valence-corrected chi connectivity index (χ0v) is 10.6. The van der Waals surface area contributed by atoms with E-state index in [0.717, 1.165) is 26.1 Å². The number of carbonyl (C=O) groups excluding carboxylic acids is 2. The van der Waals surface area contributed by atoms with Gasteiger partial charge in [0.25, 0.3) is 11.8 Å². The molecule has 2 aliphatic rings. The van der Waals surface area contributed by atoms with Crippen molar-refractivity contribution in [2.45, 2.75) is 12.8 Å². The number of hydrogen-bond donors (Lipinski definition) is 1. The Kier molecular flexibility index (Phi) is 2.98. The van der Waals surface area contributed by atoms with Crippen LogP contribution in [-0.2, 0) is 4.74 Å². The maximum absolute atomic E-state index is 12.2. The molecule has 1 fully saturated rings. The topological polar surface area (TPSA) is 72.6 Å². The lowest BCUT2D eigenvalue weighted by Gasteiger charge is -2.15. The fourth-order valence-corrected chi connectivity index (χ4v) is 2.69. The molecule has 1 aromatic carbocycles. The Morgan fingerprint density at radius 3 is 2.84 bits per heavy atom. The van der Waals surface area contributed by atoms with Gasteiger partial charge in [0.1, 0.15) is 0 Å². The summed E-state index contributed by atoms with van der Waals surface area (Å²) >= 11 is 0. The maximum atomic E-state index is 12.2. The molecule has 1 saturated heterocycles. The number of carbonyl (C=O) groups is 2. The molecule has 1 aromatic rings. The summed E-state index contributed by atoms with van der Waals surface area (Å²) in [5.41, 5.74) is 6.94. The average Bonchev–Trinajstić information content (AvgIpc) is 2.98. The van der Waals surface area contributed by atoms with Gasteiger partial charge in [-0.15, -0.1) is 0 Å². The summed E-state index contributed by atoms with van der Waals surface area (Å²) in [5.74, 6) is -0.0510. The second-order valence-corrected chi connectivity index (χ2v) is 5.05. The minimum Gasteiger partial charge on any atom is -0.398 e. The van der Waals surface area contributed by atoms with Crippen LogP contribution >= 0.6 is 0 Å². The van der Waals surface area contributed by atoms with Crippen LogP contribution in [0.25, 0.3) is 0 Å². The number of hydrogen-bond acceptors (Lipinski definition) is 4. The highest BCUT2D eigenvalue weighted by Crippen LogP contribution is 2.28. The molecule has 0 aliphatic carbocycles. The fourth-order valence-electron chi connectivity index (χ4n) is 2.69. The second-order valence-electron chi connectivity index (χ2n) is 5.05. The Labute approximate surface area is 111 Å². The molecular weight excluding hydrogens is 244 g/mol. The number of anilines is 1. The van der Waals surface area contributed by atoms with Crippen LogP contribution in [0.3, 0.4) is 0 Å². The molecule has 5 nitrogen and oxygen atoms in total. The van der Waals surface area contributed by atoms with E-state index in [1.54, 1.807) is 18.2 Å². The average molecular weight is 260 g/mol. The lowest BCUT2D eigenvalue weighted by atomic mass is 10.1. The predicted octanol–water partition coefficient (Wildman–Crippen LogP) is 1.29. The highest BCUT2D eigenvalue weighted by Gasteiger charge is 2.37. The van der Waals surface area contributed by atoms with Gasteiger partial charge in [-0.25, -0.2) is 0 Å². The van der Waals surface area contributed by atoms with Gasteiger partial charge >= 0.3 is 0 Å². The van der Waals surface area contributed by atoms with Crippen molar-refractivity contribution in [2.24, 2.45) is 5.92 Å². The van der Waals surface area contributed by atoms with E-state index in [0.29, 0.717) is 29.3 Å². The van der Waals surface area contributed by atoms with Gasteiger partial charge in [0.15, 0.2) is 0 Å². The largest absolute Gasteiger partial charge is 0.398 e. The molecule has 0 spiro atoms. The standard InChI is InChI=1S/C14H16N2O3/c15-11-3-1-2-10-12(11)14(18)16(13(10)17)6-4-9-5-7-19-8-9/h1-3,9H,4-8,15H2. The molecule has 19 heavy (non-hydrogen) atoms. The van der Waals surface area contributed by atoms with E-state index in [2.05, 4.69) is 0 Å². The first-order chi connectivity index (χ1) is 9.18. The van der Waals surface area contributed by atoms with E-state index in [1.165, 1.54) is 4.90 Å². The molecule has 0 aromatic heterocycles. The summed E-state index contributed by atoms with van der Waals surface area (Å²) in [7, 11) is 0. The normalized spacial score (nSPS) is 22.1. The summed E-state index contributed by atoms with van der Waals surface area (Å²) in [6, 6.07) is 5.01. The van der Waals surface area contributed by atoms with Gasteiger partial charge in [0, 0.05) is 25.4 Å². The van der Waals surface area contributed by atoms with Crippen molar-refractivity contribution >= 4 is 17.5 Å². The van der Waals surface area contributed by atoms with Crippen molar-refractivity contribution in [1.82, 2.24) is 4.90 Å². The van der Waals surface area contributed by atoms with E-state index >= 15 is 0 Å². The summed E-state index contributed by atoms with van der Waals surface area (Å²) in [5, 5.41) is 0. The number of fused-ring (bicyclic) bond motifs is 1. The van der Waals surface area contributed by atoms with Crippen LogP contribution < -0.4 is 5.73 Å². The number of nitrogens with zero attached hydrogens (tertiary/aromatic N) is 1. The molecule has 0 bridgehead atoms. The maximum Gasteiger partial charge on any atom is 0.263 e. The third-order valence-electron chi connectivity index (χ3n) is 3.82. The van der Waals surface area contributed by atoms with E-state index in [9.17, 15) is 9.59 Å². The lowest BCUT2D eigenvalue weighted by Crippen LogP contribution is -2.32. The Hall–Kier alpha value is -1.88. The van der Waals surface area contributed by atoms with Gasteiger partial charge in [-0.3, -0.25) is 14.5 Å². The molecule has 2 amide bonds. The summed E-state index contributed by atoms with van der Waals surface area (Å²) < 4.78 is 5.30. The van der Waals surface area contributed by atoms with Gasteiger partial charge in [-0.1, -0.05) is 6.07 Å². The Bertz CT molecular complexity index is 535. The van der Waals surface area contributed by atoms with Gasteiger partial charge in [0.2, 0.25) is 0 Å². The molecule has 2 N–H and O–H groups in total. The molecule has 1 unspecified atom stereocenters. The monoisotopic (exact) mass is 260 g/mol. The highest BCUT2D eigenvalue weighted by molar-refractivity contribution is 6.23. The van der Waals surface area contributed by atoms with Crippen LogP contribution in [0, 0.1) is 5.92 Å². The van der Waals surface area contributed by atoms with Gasteiger partial charge in [-0.05, 0) is 30.9 Å². The fraction of sp³-hybridized carbons (Fsp3) is 0.429. The van der Waals surface area contributed by atoms with E-state index in [-0.39, 0.29) is 11.8 Å².